The molecular formula is C18H35Cl. The Labute approximate surface area is 126 Å². The third-order valence-corrected chi connectivity index (χ3v) is 5.58. The van der Waals surface area contributed by atoms with Crippen LogP contribution in [0, 0.1) is 11.3 Å². The SMILES string of the molecule is CCCCCCCCCCCCC(C)(CCl)C1CC1. The van der Waals surface area contributed by atoms with Crippen LogP contribution in [0.2, 0.25) is 0 Å². The topological polar surface area (TPSA) is 0 Å². The van der Waals surface area contributed by atoms with E-state index in [2.05, 4.69) is 13.8 Å². The minimum atomic E-state index is 0.460. The van der Waals surface area contributed by atoms with E-state index in [4.69, 9.17) is 11.6 Å². The van der Waals surface area contributed by atoms with Gasteiger partial charge in [0.05, 0.1) is 0 Å². The molecular weight excluding hydrogens is 252 g/mol. The van der Waals surface area contributed by atoms with Gasteiger partial charge in [0.25, 0.3) is 0 Å². The summed E-state index contributed by atoms with van der Waals surface area (Å²) in [4.78, 5) is 0. The van der Waals surface area contributed by atoms with Crippen molar-refractivity contribution in [3.8, 4) is 0 Å². The quantitative estimate of drug-likeness (QED) is 0.254. The number of rotatable bonds is 13. The fourth-order valence-electron chi connectivity index (χ4n) is 3.18. The van der Waals surface area contributed by atoms with Gasteiger partial charge in [-0.3, -0.25) is 0 Å². The van der Waals surface area contributed by atoms with E-state index < -0.39 is 0 Å². The summed E-state index contributed by atoms with van der Waals surface area (Å²) in [6, 6.07) is 0. The van der Waals surface area contributed by atoms with Gasteiger partial charge in [-0.1, -0.05) is 78.1 Å². The van der Waals surface area contributed by atoms with Crippen molar-refractivity contribution < 1.29 is 0 Å². The highest BCUT2D eigenvalue weighted by atomic mass is 35.5. The third-order valence-electron chi connectivity index (χ3n) is 4.97. The molecule has 0 aromatic carbocycles. The molecule has 1 rings (SSSR count). The summed E-state index contributed by atoms with van der Waals surface area (Å²) in [7, 11) is 0. The van der Waals surface area contributed by atoms with Gasteiger partial charge in [-0.25, -0.2) is 0 Å². The van der Waals surface area contributed by atoms with E-state index in [0.717, 1.165) is 11.8 Å². The Kier molecular flexibility index (Phi) is 9.20. The summed E-state index contributed by atoms with van der Waals surface area (Å²) >= 11 is 6.17. The van der Waals surface area contributed by atoms with Gasteiger partial charge >= 0.3 is 0 Å². The molecule has 0 bridgehead atoms. The molecule has 19 heavy (non-hydrogen) atoms. The number of hydrogen-bond acceptors (Lipinski definition) is 0. The predicted molar refractivity (Wildman–Crippen MR) is 88.0 cm³/mol. The highest BCUT2D eigenvalue weighted by Gasteiger charge is 2.39. The van der Waals surface area contributed by atoms with Crippen molar-refractivity contribution in [3.63, 3.8) is 0 Å². The first-order valence-electron chi connectivity index (χ1n) is 8.79. The van der Waals surface area contributed by atoms with Crippen LogP contribution in [0.15, 0.2) is 0 Å². The van der Waals surface area contributed by atoms with Crippen LogP contribution < -0.4 is 0 Å². The summed E-state index contributed by atoms with van der Waals surface area (Å²) in [6.45, 7) is 4.70. The van der Waals surface area contributed by atoms with Gasteiger partial charge in [0.2, 0.25) is 0 Å². The van der Waals surface area contributed by atoms with Crippen molar-refractivity contribution >= 4 is 11.6 Å². The average Bonchev–Trinajstić information content (AvgIpc) is 3.25. The van der Waals surface area contributed by atoms with Crippen LogP contribution in [-0.2, 0) is 0 Å². The lowest BCUT2D eigenvalue weighted by molar-refractivity contribution is 0.277. The van der Waals surface area contributed by atoms with Crippen molar-refractivity contribution in [1.29, 1.82) is 0 Å². The number of unbranched alkanes of at least 4 members (excludes halogenated alkanes) is 9. The van der Waals surface area contributed by atoms with Gasteiger partial charge in [0.1, 0.15) is 0 Å². The Morgan fingerprint density at radius 3 is 1.74 bits per heavy atom. The molecule has 1 heteroatoms. The Morgan fingerprint density at radius 2 is 1.32 bits per heavy atom. The molecule has 0 heterocycles. The average molecular weight is 287 g/mol. The fourth-order valence-corrected chi connectivity index (χ4v) is 3.53. The zero-order valence-electron chi connectivity index (χ0n) is 13.4. The maximum Gasteiger partial charge on any atom is 0.0280 e. The highest BCUT2D eigenvalue weighted by Crippen LogP contribution is 2.49. The van der Waals surface area contributed by atoms with Gasteiger partial charge in [-0.15, -0.1) is 11.6 Å². The Bertz CT molecular complexity index is 210. The molecule has 1 saturated carbocycles. The standard InChI is InChI=1S/C18H35Cl/c1-3-4-5-6-7-8-9-10-11-12-15-18(2,16-19)17-13-14-17/h17H,3-16H2,1-2H3. The summed E-state index contributed by atoms with van der Waals surface area (Å²) in [5.74, 6) is 1.82. The molecule has 0 nitrogen and oxygen atoms in total. The van der Waals surface area contributed by atoms with Crippen molar-refractivity contribution in [2.24, 2.45) is 11.3 Å². The molecule has 1 aliphatic rings. The van der Waals surface area contributed by atoms with Gasteiger partial charge in [0, 0.05) is 5.88 Å². The second kappa shape index (κ2) is 10.1. The Morgan fingerprint density at radius 1 is 0.842 bits per heavy atom. The van der Waals surface area contributed by atoms with Crippen molar-refractivity contribution in [1.82, 2.24) is 0 Å². The lowest BCUT2D eigenvalue weighted by Crippen LogP contribution is -2.21. The summed E-state index contributed by atoms with van der Waals surface area (Å²) in [5, 5.41) is 0. The molecule has 0 saturated heterocycles. The smallest absolute Gasteiger partial charge is 0.0280 e. The van der Waals surface area contributed by atoms with Crippen LogP contribution >= 0.6 is 11.6 Å². The molecule has 114 valence electrons. The molecule has 0 aliphatic heterocycles. The van der Waals surface area contributed by atoms with Crippen LogP contribution in [0.3, 0.4) is 0 Å². The van der Waals surface area contributed by atoms with E-state index in [-0.39, 0.29) is 0 Å². The molecule has 1 aliphatic carbocycles. The maximum atomic E-state index is 6.17. The van der Waals surface area contributed by atoms with E-state index in [1.807, 2.05) is 0 Å². The lowest BCUT2D eigenvalue weighted by atomic mass is 9.81. The summed E-state index contributed by atoms with van der Waals surface area (Å²) in [6.07, 6.45) is 18.6. The van der Waals surface area contributed by atoms with Gasteiger partial charge < -0.3 is 0 Å². The second-order valence-electron chi connectivity index (χ2n) is 6.99. The third kappa shape index (κ3) is 7.59. The van der Waals surface area contributed by atoms with E-state index in [9.17, 15) is 0 Å². The first-order valence-corrected chi connectivity index (χ1v) is 9.32. The van der Waals surface area contributed by atoms with E-state index >= 15 is 0 Å². The number of hydrogen-bond donors (Lipinski definition) is 0. The zero-order chi connectivity index (χ0) is 14.0. The molecule has 1 fully saturated rings. The molecule has 1 unspecified atom stereocenters. The summed E-state index contributed by atoms with van der Waals surface area (Å²) < 4.78 is 0. The van der Waals surface area contributed by atoms with Crippen LogP contribution in [0.5, 0.6) is 0 Å². The molecule has 0 radical (unpaired) electrons. The maximum absolute atomic E-state index is 6.17. The minimum Gasteiger partial charge on any atom is -0.126 e. The molecule has 0 aromatic rings. The van der Waals surface area contributed by atoms with Crippen LogP contribution in [0.4, 0.5) is 0 Å². The zero-order valence-corrected chi connectivity index (χ0v) is 14.1. The Balaban J connectivity index is 1.85. The van der Waals surface area contributed by atoms with Gasteiger partial charge in [0.15, 0.2) is 0 Å². The van der Waals surface area contributed by atoms with E-state index in [1.54, 1.807) is 0 Å². The molecule has 1 atom stereocenters. The molecule has 0 amide bonds. The van der Waals surface area contributed by atoms with Crippen molar-refractivity contribution in [2.45, 2.75) is 97.3 Å². The molecule has 0 aromatic heterocycles. The minimum absolute atomic E-state index is 0.460. The summed E-state index contributed by atoms with van der Waals surface area (Å²) in [5.41, 5.74) is 0.460. The molecule has 0 N–H and O–H groups in total. The monoisotopic (exact) mass is 286 g/mol. The fraction of sp³-hybridized carbons (Fsp3) is 1.00. The lowest BCUT2D eigenvalue weighted by Gasteiger charge is -2.27. The Hall–Kier alpha value is 0.290. The highest BCUT2D eigenvalue weighted by molar-refractivity contribution is 6.18. The normalized spacial score (nSPS) is 18.5. The molecule has 0 spiro atoms. The number of alkyl halides is 1. The predicted octanol–water partition coefficient (Wildman–Crippen LogP) is 6.95. The van der Waals surface area contributed by atoms with Crippen LogP contribution in [0.1, 0.15) is 97.3 Å². The van der Waals surface area contributed by atoms with Crippen molar-refractivity contribution in [2.75, 3.05) is 5.88 Å². The first-order chi connectivity index (χ1) is 9.23. The second-order valence-corrected chi connectivity index (χ2v) is 7.26. The van der Waals surface area contributed by atoms with Gasteiger partial charge in [-0.05, 0) is 30.6 Å². The van der Waals surface area contributed by atoms with E-state index in [0.29, 0.717) is 5.41 Å². The largest absolute Gasteiger partial charge is 0.126 e. The van der Waals surface area contributed by atoms with Crippen LogP contribution in [-0.4, -0.2) is 5.88 Å². The van der Waals surface area contributed by atoms with E-state index in [1.165, 1.54) is 83.5 Å². The van der Waals surface area contributed by atoms with Crippen molar-refractivity contribution in [3.05, 3.63) is 0 Å². The van der Waals surface area contributed by atoms with Crippen LogP contribution in [0.25, 0.3) is 0 Å². The van der Waals surface area contributed by atoms with Gasteiger partial charge in [-0.2, -0.15) is 0 Å². The first kappa shape index (κ1) is 17.3. The number of halogens is 1.